The van der Waals surface area contributed by atoms with Crippen LogP contribution in [0.4, 0.5) is 0 Å². The molecule has 2 rings (SSSR count). The number of amides is 1. The Labute approximate surface area is 86.3 Å². The molecule has 0 aliphatic heterocycles. The summed E-state index contributed by atoms with van der Waals surface area (Å²) in [6.45, 7) is 2.04. The number of nitrogens with two attached hydrogens (primary N) is 1. The lowest BCUT2D eigenvalue weighted by atomic mass is 10.1. The zero-order valence-electron chi connectivity index (χ0n) is 7.91. The van der Waals surface area contributed by atoms with Crippen molar-refractivity contribution in [3.05, 3.63) is 34.7 Å². The van der Waals surface area contributed by atoms with Crippen LogP contribution in [-0.2, 0) is 6.42 Å². The lowest BCUT2D eigenvalue weighted by Crippen LogP contribution is -2.11. The second-order valence-electron chi connectivity index (χ2n) is 3.11. The number of aryl methyl sites for hydroxylation is 1. The first-order valence-corrected chi connectivity index (χ1v) is 5.36. The summed E-state index contributed by atoms with van der Waals surface area (Å²) in [4.78, 5) is 12.4. The number of hydrogen-bond donors (Lipinski definition) is 1. The molecule has 0 saturated heterocycles. The van der Waals surface area contributed by atoms with Gasteiger partial charge in [-0.05, 0) is 12.5 Å². The van der Waals surface area contributed by atoms with Gasteiger partial charge in [0.25, 0.3) is 0 Å². The monoisotopic (exact) mass is 205 g/mol. The van der Waals surface area contributed by atoms with Crippen molar-refractivity contribution in [3.8, 4) is 0 Å². The van der Waals surface area contributed by atoms with Crippen molar-refractivity contribution in [3.63, 3.8) is 0 Å². The number of carbonyl (C=O) groups is 1. The van der Waals surface area contributed by atoms with Crippen LogP contribution >= 0.6 is 11.3 Å². The summed E-state index contributed by atoms with van der Waals surface area (Å²) in [5, 5.41) is 0.988. The first-order chi connectivity index (χ1) is 6.74. The first kappa shape index (κ1) is 9.21. The number of primary amides is 1. The molecule has 1 amide bonds. The van der Waals surface area contributed by atoms with E-state index in [1.54, 1.807) is 11.3 Å². The quantitative estimate of drug-likeness (QED) is 0.804. The van der Waals surface area contributed by atoms with Crippen LogP contribution in [0.1, 0.15) is 22.2 Å². The summed E-state index contributed by atoms with van der Waals surface area (Å²) in [5.41, 5.74) is 6.07. The van der Waals surface area contributed by atoms with Crippen molar-refractivity contribution in [2.75, 3.05) is 0 Å². The number of thiophene rings is 1. The zero-order valence-corrected chi connectivity index (χ0v) is 8.73. The maximum absolute atomic E-state index is 11.3. The minimum Gasteiger partial charge on any atom is -0.366 e. The highest BCUT2D eigenvalue weighted by Crippen LogP contribution is 2.31. The fraction of sp³-hybridized carbons (Fsp3) is 0.182. The minimum atomic E-state index is -0.320. The summed E-state index contributed by atoms with van der Waals surface area (Å²) in [6, 6.07) is 7.88. The Bertz CT molecular complexity index is 487. The molecule has 0 aliphatic carbocycles. The summed E-state index contributed by atoms with van der Waals surface area (Å²) >= 11 is 1.65. The van der Waals surface area contributed by atoms with Gasteiger partial charge in [-0.3, -0.25) is 4.79 Å². The van der Waals surface area contributed by atoms with Crippen LogP contribution in [-0.4, -0.2) is 5.91 Å². The van der Waals surface area contributed by atoms with Crippen molar-refractivity contribution >= 4 is 27.3 Å². The number of carbonyl (C=O) groups excluding carboxylic acids is 1. The van der Waals surface area contributed by atoms with Gasteiger partial charge in [-0.1, -0.05) is 25.1 Å². The molecule has 0 spiro atoms. The molecule has 1 heterocycles. The van der Waals surface area contributed by atoms with E-state index in [1.165, 1.54) is 0 Å². The van der Waals surface area contributed by atoms with E-state index >= 15 is 0 Å². The number of fused-ring (bicyclic) bond motifs is 1. The Morgan fingerprint density at radius 2 is 2.14 bits per heavy atom. The first-order valence-electron chi connectivity index (χ1n) is 4.54. The average Bonchev–Trinajstić information content (AvgIpc) is 2.55. The highest BCUT2D eigenvalue weighted by Gasteiger charge is 2.14. The normalized spacial score (nSPS) is 10.6. The molecule has 0 radical (unpaired) electrons. The van der Waals surface area contributed by atoms with Gasteiger partial charge in [0.1, 0.15) is 0 Å². The molecule has 14 heavy (non-hydrogen) atoms. The van der Waals surface area contributed by atoms with E-state index in [0.717, 1.165) is 21.4 Å². The van der Waals surface area contributed by atoms with Crippen LogP contribution in [0.15, 0.2) is 24.3 Å². The molecule has 2 nitrogen and oxygen atoms in total. The van der Waals surface area contributed by atoms with Crippen LogP contribution in [0.5, 0.6) is 0 Å². The fourth-order valence-corrected chi connectivity index (χ4v) is 2.76. The Kier molecular flexibility index (Phi) is 2.25. The van der Waals surface area contributed by atoms with Crippen molar-refractivity contribution in [2.45, 2.75) is 13.3 Å². The number of hydrogen-bond acceptors (Lipinski definition) is 2. The lowest BCUT2D eigenvalue weighted by molar-refractivity contribution is 0.100. The molecule has 2 aromatic rings. The van der Waals surface area contributed by atoms with E-state index in [0.29, 0.717) is 5.56 Å². The summed E-state index contributed by atoms with van der Waals surface area (Å²) < 4.78 is 1.14. The number of rotatable bonds is 2. The van der Waals surface area contributed by atoms with Gasteiger partial charge in [-0.15, -0.1) is 11.3 Å². The molecule has 0 fully saturated rings. The van der Waals surface area contributed by atoms with Gasteiger partial charge in [0.2, 0.25) is 5.91 Å². The molecule has 1 aromatic carbocycles. The van der Waals surface area contributed by atoms with Crippen LogP contribution in [0.25, 0.3) is 10.1 Å². The van der Waals surface area contributed by atoms with E-state index in [-0.39, 0.29) is 5.91 Å². The third kappa shape index (κ3) is 1.30. The standard InChI is InChI=1S/C11H11NOS/c1-2-8-10(11(12)13)7-5-3-4-6-9(7)14-8/h3-6H,2H2,1H3,(H2,12,13). The van der Waals surface area contributed by atoms with Gasteiger partial charge in [0.05, 0.1) is 5.56 Å². The molecular formula is C11H11NOS. The summed E-state index contributed by atoms with van der Waals surface area (Å²) in [5.74, 6) is -0.320. The smallest absolute Gasteiger partial charge is 0.250 e. The van der Waals surface area contributed by atoms with Gasteiger partial charge in [0.15, 0.2) is 0 Å². The van der Waals surface area contributed by atoms with Gasteiger partial charge in [0, 0.05) is 15.0 Å². The fourth-order valence-electron chi connectivity index (χ4n) is 1.62. The second kappa shape index (κ2) is 3.42. The van der Waals surface area contributed by atoms with Crippen molar-refractivity contribution in [1.82, 2.24) is 0 Å². The average molecular weight is 205 g/mol. The maximum atomic E-state index is 11.3. The van der Waals surface area contributed by atoms with Crippen molar-refractivity contribution in [2.24, 2.45) is 5.73 Å². The summed E-state index contributed by atoms with van der Waals surface area (Å²) in [7, 11) is 0. The molecule has 0 unspecified atom stereocenters. The predicted molar refractivity (Wildman–Crippen MR) is 59.7 cm³/mol. The molecule has 0 atom stereocenters. The predicted octanol–water partition coefficient (Wildman–Crippen LogP) is 2.56. The molecule has 0 aliphatic rings. The third-order valence-electron chi connectivity index (χ3n) is 2.24. The molecule has 0 saturated carbocycles. The molecule has 2 N–H and O–H groups in total. The van der Waals surface area contributed by atoms with Gasteiger partial charge >= 0.3 is 0 Å². The number of benzene rings is 1. The highest BCUT2D eigenvalue weighted by molar-refractivity contribution is 7.19. The van der Waals surface area contributed by atoms with Crippen molar-refractivity contribution in [1.29, 1.82) is 0 Å². The Morgan fingerprint density at radius 1 is 1.43 bits per heavy atom. The lowest BCUT2D eigenvalue weighted by Gasteiger charge is -1.95. The van der Waals surface area contributed by atoms with Crippen LogP contribution in [0.3, 0.4) is 0 Å². The van der Waals surface area contributed by atoms with Gasteiger partial charge in [-0.2, -0.15) is 0 Å². The Balaban J connectivity index is 2.81. The SMILES string of the molecule is CCc1sc2ccccc2c1C(N)=O. The molecule has 1 aromatic heterocycles. The molecule has 3 heteroatoms. The van der Waals surface area contributed by atoms with Crippen molar-refractivity contribution < 1.29 is 4.79 Å². The second-order valence-corrected chi connectivity index (χ2v) is 4.25. The summed E-state index contributed by atoms with van der Waals surface area (Å²) in [6.07, 6.45) is 0.859. The highest BCUT2D eigenvalue weighted by atomic mass is 32.1. The van der Waals surface area contributed by atoms with Crippen LogP contribution < -0.4 is 5.73 Å². The molecule has 0 bridgehead atoms. The minimum absolute atomic E-state index is 0.320. The third-order valence-corrected chi connectivity index (χ3v) is 3.55. The van der Waals surface area contributed by atoms with E-state index in [4.69, 9.17) is 5.73 Å². The largest absolute Gasteiger partial charge is 0.366 e. The zero-order chi connectivity index (χ0) is 10.1. The van der Waals surface area contributed by atoms with Crippen LogP contribution in [0, 0.1) is 0 Å². The Hall–Kier alpha value is -1.35. The van der Waals surface area contributed by atoms with E-state index < -0.39 is 0 Å². The van der Waals surface area contributed by atoms with Crippen LogP contribution in [0.2, 0.25) is 0 Å². The van der Waals surface area contributed by atoms with E-state index in [1.807, 2.05) is 31.2 Å². The molecular weight excluding hydrogens is 194 g/mol. The molecule has 72 valence electrons. The maximum Gasteiger partial charge on any atom is 0.250 e. The van der Waals surface area contributed by atoms with Gasteiger partial charge in [-0.25, -0.2) is 0 Å². The van der Waals surface area contributed by atoms with E-state index in [9.17, 15) is 4.79 Å². The Morgan fingerprint density at radius 3 is 2.79 bits per heavy atom. The van der Waals surface area contributed by atoms with Gasteiger partial charge < -0.3 is 5.73 Å². The topological polar surface area (TPSA) is 43.1 Å². The van der Waals surface area contributed by atoms with E-state index in [2.05, 4.69) is 0 Å².